The summed E-state index contributed by atoms with van der Waals surface area (Å²) in [6, 6.07) is 16.4. The maximum absolute atomic E-state index is 12.2. The van der Waals surface area contributed by atoms with Crippen molar-refractivity contribution in [3.05, 3.63) is 59.6 Å². The van der Waals surface area contributed by atoms with Crippen molar-refractivity contribution in [3.8, 4) is 5.75 Å². The maximum atomic E-state index is 12.2. The molecule has 1 unspecified atom stereocenters. The molecule has 2 rings (SSSR count). The van der Waals surface area contributed by atoms with Crippen molar-refractivity contribution in [2.24, 2.45) is 0 Å². The summed E-state index contributed by atoms with van der Waals surface area (Å²) in [7, 11) is 0. The van der Waals surface area contributed by atoms with Crippen LogP contribution < -0.4 is 10.1 Å². The Bertz CT molecular complexity index is 572. The Morgan fingerprint density at radius 1 is 1.15 bits per heavy atom. The van der Waals surface area contributed by atoms with Gasteiger partial charge < -0.3 is 10.1 Å². The second-order valence-electron chi connectivity index (χ2n) is 4.30. The first-order valence-electron chi connectivity index (χ1n) is 6.47. The van der Waals surface area contributed by atoms with Crippen LogP contribution in [0.5, 0.6) is 5.75 Å². The fraction of sp³-hybridized carbons (Fsp3) is 0.188. The van der Waals surface area contributed by atoms with Crippen LogP contribution in [0, 0.1) is 0 Å². The van der Waals surface area contributed by atoms with Crippen molar-refractivity contribution in [3.63, 3.8) is 0 Å². The molecule has 1 N–H and O–H groups in total. The Labute approximate surface area is 123 Å². The zero-order valence-electron chi connectivity index (χ0n) is 11.2. The Balaban J connectivity index is 2.05. The molecular weight excluding hydrogens is 274 g/mol. The second kappa shape index (κ2) is 6.96. The van der Waals surface area contributed by atoms with Crippen LogP contribution in [-0.2, 0) is 4.79 Å². The van der Waals surface area contributed by atoms with Gasteiger partial charge in [0.1, 0.15) is 5.75 Å². The molecule has 0 heterocycles. The third-order valence-corrected chi connectivity index (χ3v) is 3.12. The molecule has 0 spiro atoms. The molecule has 20 heavy (non-hydrogen) atoms. The number of ether oxygens (including phenoxy) is 1. The number of rotatable bonds is 5. The lowest BCUT2D eigenvalue weighted by Crippen LogP contribution is -2.32. The number of anilines is 1. The number of carbonyl (C=O) groups is 1. The lowest BCUT2D eigenvalue weighted by Gasteiger charge is -2.18. The summed E-state index contributed by atoms with van der Waals surface area (Å²) in [6.07, 6.45) is -0.0146. The van der Waals surface area contributed by atoms with E-state index in [-0.39, 0.29) is 5.91 Å². The Morgan fingerprint density at radius 3 is 2.45 bits per heavy atom. The first kappa shape index (κ1) is 14.4. The number of hydrogen-bond donors (Lipinski definition) is 1. The summed E-state index contributed by atoms with van der Waals surface area (Å²) in [6.45, 7) is 1.89. The molecule has 4 heteroatoms. The van der Waals surface area contributed by atoms with Crippen molar-refractivity contribution >= 4 is 23.2 Å². The average molecular weight is 290 g/mol. The summed E-state index contributed by atoms with van der Waals surface area (Å²) in [5.74, 6) is 0.336. The molecular formula is C16H16ClNO2. The fourth-order valence-electron chi connectivity index (χ4n) is 1.76. The zero-order valence-corrected chi connectivity index (χ0v) is 11.9. The van der Waals surface area contributed by atoms with E-state index >= 15 is 0 Å². The lowest BCUT2D eigenvalue weighted by molar-refractivity contribution is -0.122. The van der Waals surface area contributed by atoms with Crippen molar-refractivity contribution < 1.29 is 9.53 Å². The number of amides is 1. The van der Waals surface area contributed by atoms with Crippen LogP contribution in [0.2, 0.25) is 5.02 Å². The molecule has 0 aliphatic heterocycles. The Morgan fingerprint density at radius 2 is 1.80 bits per heavy atom. The van der Waals surface area contributed by atoms with Crippen LogP contribution in [0.1, 0.15) is 13.3 Å². The summed E-state index contributed by atoms with van der Waals surface area (Å²) in [5.41, 5.74) is 0.749. The molecule has 0 saturated carbocycles. The predicted molar refractivity (Wildman–Crippen MR) is 81.2 cm³/mol. The largest absolute Gasteiger partial charge is 0.479 e. The van der Waals surface area contributed by atoms with Crippen molar-refractivity contribution in [2.45, 2.75) is 19.4 Å². The Hall–Kier alpha value is -2.00. The molecule has 104 valence electrons. The summed E-state index contributed by atoms with van der Waals surface area (Å²) in [4.78, 5) is 12.2. The van der Waals surface area contributed by atoms with Crippen LogP contribution >= 0.6 is 11.6 Å². The normalized spacial score (nSPS) is 11.7. The molecule has 0 aromatic heterocycles. The van der Waals surface area contributed by atoms with Crippen LogP contribution in [0.15, 0.2) is 54.6 Å². The molecule has 0 saturated heterocycles. The molecule has 0 bridgehead atoms. The van der Waals surface area contributed by atoms with E-state index in [9.17, 15) is 4.79 Å². The second-order valence-corrected chi connectivity index (χ2v) is 4.71. The minimum Gasteiger partial charge on any atom is -0.479 e. The van der Waals surface area contributed by atoms with E-state index in [2.05, 4.69) is 5.32 Å². The smallest absolute Gasteiger partial charge is 0.265 e. The fourth-order valence-corrected chi connectivity index (χ4v) is 1.94. The molecule has 3 nitrogen and oxygen atoms in total. The molecule has 1 amide bonds. The van der Waals surface area contributed by atoms with Crippen LogP contribution in [0.3, 0.4) is 0 Å². The lowest BCUT2D eigenvalue weighted by atomic mass is 10.2. The number of carbonyl (C=O) groups excluding carboxylic acids is 1. The molecule has 2 aromatic carbocycles. The van der Waals surface area contributed by atoms with Crippen molar-refractivity contribution in [2.75, 3.05) is 5.32 Å². The highest BCUT2D eigenvalue weighted by Gasteiger charge is 2.19. The number of halogens is 1. The Kier molecular flexibility index (Phi) is 5.02. The van der Waals surface area contributed by atoms with Gasteiger partial charge in [-0.1, -0.05) is 48.9 Å². The number of nitrogens with one attached hydrogen (secondary N) is 1. The maximum Gasteiger partial charge on any atom is 0.265 e. The third kappa shape index (κ3) is 3.75. The minimum atomic E-state index is -0.574. The third-order valence-electron chi connectivity index (χ3n) is 2.81. The number of para-hydroxylation sites is 2. The van der Waals surface area contributed by atoms with Gasteiger partial charge >= 0.3 is 0 Å². The van der Waals surface area contributed by atoms with Gasteiger partial charge in [-0.3, -0.25) is 4.79 Å². The zero-order chi connectivity index (χ0) is 14.4. The highest BCUT2D eigenvalue weighted by molar-refractivity contribution is 6.32. The number of benzene rings is 2. The quantitative estimate of drug-likeness (QED) is 0.898. The van der Waals surface area contributed by atoms with E-state index in [1.54, 1.807) is 12.1 Å². The van der Waals surface area contributed by atoms with E-state index in [4.69, 9.17) is 16.3 Å². The van der Waals surface area contributed by atoms with E-state index < -0.39 is 6.10 Å². The van der Waals surface area contributed by atoms with Gasteiger partial charge in [0.15, 0.2) is 6.10 Å². The van der Waals surface area contributed by atoms with Gasteiger partial charge in [0.05, 0.1) is 5.02 Å². The van der Waals surface area contributed by atoms with E-state index in [1.165, 1.54) is 0 Å². The molecule has 0 aliphatic rings. The molecule has 1 atom stereocenters. The standard InChI is InChI=1S/C16H16ClNO2/c1-2-14(20-15-11-7-6-10-13(15)17)16(19)18-12-8-4-3-5-9-12/h3-11,14H,2H2,1H3,(H,18,19). The number of hydrogen-bond acceptors (Lipinski definition) is 2. The molecule has 0 radical (unpaired) electrons. The highest BCUT2D eigenvalue weighted by Crippen LogP contribution is 2.25. The van der Waals surface area contributed by atoms with Crippen LogP contribution in [0.25, 0.3) is 0 Å². The summed E-state index contributed by atoms with van der Waals surface area (Å²) >= 11 is 6.03. The molecule has 0 fully saturated rings. The first-order chi connectivity index (χ1) is 9.70. The van der Waals surface area contributed by atoms with Crippen LogP contribution in [-0.4, -0.2) is 12.0 Å². The van der Waals surface area contributed by atoms with Gasteiger partial charge in [0.25, 0.3) is 5.91 Å². The summed E-state index contributed by atoms with van der Waals surface area (Å²) in [5, 5.41) is 3.32. The highest BCUT2D eigenvalue weighted by atomic mass is 35.5. The van der Waals surface area contributed by atoms with Gasteiger partial charge in [-0.15, -0.1) is 0 Å². The first-order valence-corrected chi connectivity index (χ1v) is 6.85. The van der Waals surface area contributed by atoms with Gasteiger partial charge in [0, 0.05) is 5.69 Å². The SMILES string of the molecule is CCC(Oc1ccccc1Cl)C(=O)Nc1ccccc1. The molecule has 2 aromatic rings. The molecule has 0 aliphatic carbocycles. The minimum absolute atomic E-state index is 0.182. The van der Waals surface area contributed by atoms with E-state index in [1.807, 2.05) is 49.4 Å². The van der Waals surface area contributed by atoms with Gasteiger partial charge in [-0.2, -0.15) is 0 Å². The van der Waals surface area contributed by atoms with Crippen LogP contribution in [0.4, 0.5) is 5.69 Å². The average Bonchev–Trinajstić information content (AvgIpc) is 2.47. The van der Waals surface area contributed by atoms with Crippen molar-refractivity contribution in [1.29, 1.82) is 0 Å². The van der Waals surface area contributed by atoms with Crippen molar-refractivity contribution in [1.82, 2.24) is 0 Å². The predicted octanol–water partition coefficient (Wildman–Crippen LogP) is 4.14. The van der Waals surface area contributed by atoms with Gasteiger partial charge in [-0.05, 0) is 30.7 Å². The summed E-state index contributed by atoms with van der Waals surface area (Å²) < 4.78 is 5.68. The van der Waals surface area contributed by atoms with E-state index in [0.29, 0.717) is 17.2 Å². The topological polar surface area (TPSA) is 38.3 Å². The monoisotopic (exact) mass is 289 g/mol. The van der Waals surface area contributed by atoms with E-state index in [0.717, 1.165) is 5.69 Å². The van der Waals surface area contributed by atoms with Gasteiger partial charge in [-0.25, -0.2) is 0 Å². The van der Waals surface area contributed by atoms with Gasteiger partial charge in [0.2, 0.25) is 0 Å².